The zero-order valence-electron chi connectivity index (χ0n) is 13.1. The Morgan fingerprint density at radius 3 is 2.50 bits per heavy atom. The highest BCUT2D eigenvalue weighted by Gasteiger charge is 2.21. The zero-order valence-corrected chi connectivity index (χ0v) is 13.1. The van der Waals surface area contributed by atoms with Crippen LogP contribution >= 0.6 is 0 Å². The van der Waals surface area contributed by atoms with E-state index in [-0.39, 0.29) is 5.41 Å². The van der Waals surface area contributed by atoms with E-state index in [1.807, 2.05) is 6.92 Å². The van der Waals surface area contributed by atoms with E-state index >= 15 is 0 Å². The largest absolute Gasteiger partial charge is 0.479 e. The average Bonchev–Trinajstić information content (AvgIpc) is 2.39. The van der Waals surface area contributed by atoms with Gasteiger partial charge in [-0.2, -0.15) is 4.98 Å². The van der Waals surface area contributed by atoms with Crippen LogP contribution in [-0.2, 0) is 10.2 Å². The Bertz CT molecular complexity index is 430. The summed E-state index contributed by atoms with van der Waals surface area (Å²) in [5.74, 6) is 1.74. The molecule has 1 aromatic heterocycles. The van der Waals surface area contributed by atoms with Gasteiger partial charge >= 0.3 is 0 Å². The molecule has 0 radical (unpaired) electrons. The van der Waals surface area contributed by atoms with Gasteiger partial charge in [0.1, 0.15) is 11.5 Å². The lowest BCUT2D eigenvalue weighted by Gasteiger charge is -2.20. The molecule has 0 aliphatic heterocycles. The minimum absolute atomic E-state index is 0.164. The number of ether oxygens (including phenoxy) is 2. The SMILES string of the molecule is CCOCCCNc1nc(C(C)(C)C)nc(OC)c1N. The molecule has 6 heteroatoms. The number of rotatable bonds is 7. The van der Waals surface area contributed by atoms with Crippen LogP contribution in [0.2, 0.25) is 0 Å². The fourth-order valence-electron chi connectivity index (χ4n) is 1.60. The first-order valence-corrected chi connectivity index (χ1v) is 6.93. The van der Waals surface area contributed by atoms with Crippen molar-refractivity contribution in [3.63, 3.8) is 0 Å². The summed E-state index contributed by atoms with van der Waals surface area (Å²) < 4.78 is 10.5. The van der Waals surface area contributed by atoms with Crippen LogP contribution in [0.3, 0.4) is 0 Å². The van der Waals surface area contributed by atoms with E-state index in [0.29, 0.717) is 23.2 Å². The van der Waals surface area contributed by atoms with Gasteiger partial charge in [-0.15, -0.1) is 0 Å². The molecule has 0 atom stereocenters. The van der Waals surface area contributed by atoms with Gasteiger partial charge in [0.25, 0.3) is 0 Å². The van der Waals surface area contributed by atoms with Gasteiger partial charge in [-0.25, -0.2) is 4.98 Å². The van der Waals surface area contributed by atoms with E-state index < -0.39 is 0 Å². The van der Waals surface area contributed by atoms with Gasteiger partial charge in [-0.3, -0.25) is 0 Å². The van der Waals surface area contributed by atoms with Gasteiger partial charge in [0.15, 0.2) is 5.82 Å². The smallest absolute Gasteiger partial charge is 0.242 e. The van der Waals surface area contributed by atoms with E-state index in [4.69, 9.17) is 15.2 Å². The van der Waals surface area contributed by atoms with Crippen LogP contribution in [-0.4, -0.2) is 36.8 Å². The lowest BCUT2D eigenvalue weighted by atomic mass is 9.96. The highest BCUT2D eigenvalue weighted by Crippen LogP contribution is 2.29. The third-order valence-electron chi connectivity index (χ3n) is 2.74. The number of nitrogens with zero attached hydrogens (tertiary/aromatic N) is 2. The van der Waals surface area contributed by atoms with Crippen molar-refractivity contribution in [3.8, 4) is 5.88 Å². The van der Waals surface area contributed by atoms with Crippen molar-refractivity contribution in [2.75, 3.05) is 37.9 Å². The van der Waals surface area contributed by atoms with Crippen LogP contribution in [0.4, 0.5) is 11.5 Å². The van der Waals surface area contributed by atoms with Crippen LogP contribution in [0.5, 0.6) is 5.88 Å². The van der Waals surface area contributed by atoms with Gasteiger partial charge in [-0.05, 0) is 13.3 Å². The monoisotopic (exact) mass is 282 g/mol. The standard InChI is InChI=1S/C14H26N4O2/c1-6-20-9-7-8-16-11-10(15)12(19-5)18-13(17-11)14(2,3)4/h6-9,15H2,1-5H3,(H,16,17,18). The topological polar surface area (TPSA) is 82.3 Å². The normalized spacial score (nSPS) is 11.4. The summed E-state index contributed by atoms with van der Waals surface area (Å²) in [7, 11) is 1.56. The number of nitrogens with one attached hydrogen (secondary N) is 1. The Labute approximate surface area is 121 Å². The van der Waals surface area contributed by atoms with Crippen molar-refractivity contribution < 1.29 is 9.47 Å². The third-order valence-corrected chi connectivity index (χ3v) is 2.74. The fraction of sp³-hybridized carbons (Fsp3) is 0.714. The lowest BCUT2D eigenvalue weighted by molar-refractivity contribution is 0.147. The fourth-order valence-corrected chi connectivity index (χ4v) is 1.60. The van der Waals surface area contributed by atoms with E-state index in [9.17, 15) is 0 Å². The summed E-state index contributed by atoms with van der Waals surface area (Å²) in [5, 5.41) is 3.22. The molecule has 1 heterocycles. The summed E-state index contributed by atoms with van der Waals surface area (Å²) in [6.45, 7) is 10.3. The molecule has 0 spiro atoms. The molecule has 0 amide bonds. The van der Waals surface area contributed by atoms with Crippen molar-refractivity contribution >= 4 is 11.5 Å². The predicted molar refractivity (Wildman–Crippen MR) is 81.3 cm³/mol. The second-order valence-corrected chi connectivity index (χ2v) is 5.55. The first-order valence-electron chi connectivity index (χ1n) is 6.93. The van der Waals surface area contributed by atoms with Gasteiger partial charge in [0, 0.05) is 25.2 Å². The number of nitrogens with two attached hydrogens (primary N) is 1. The van der Waals surface area contributed by atoms with E-state index in [2.05, 4.69) is 36.1 Å². The number of anilines is 2. The van der Waals surface area contributed by atoms with Gasteiger partial charge in [0.05, 0.1) is 7.11 Å². The van der Waals surface area contributed by atoms with Crippen LogP contribution < -0.4 is 15.8 Å². The van der Waals surface area contributed by atoms with Crippen molar-refractivity contribution in [2.24, 2.45) is 0 Å². The summed E-state index contributed by atoms with van der Waals surface area (Å²) in [5.41, 5.74) is 6.28. The van der Waals surface area contributed by atoms with Crippen LogP contribution in [0.25, 0.3) is 0 Å². The summed E-state index contributed by atoms with van der Waals surface area (Å²) in [4.78, 5) is 8.86. The van der Waals surface area contributed by atoms with Gasteiger partial charge in [0.2, 0.25) is 5.88 Å². The Balaban J connectivity index is 2.83. The third kappa shape index (κ3) is 4.52. The summed E-state index contributed by atoms with van der Waals surface area (Å²) in [6, 6.07) is 0. The first kappa shape index (κ1) is 16.5. The van der Waals surface area contributed by atoms with E-state index in [0.717, 1.165) is 26.2 Å². The highest BCUT2D eigenvalue weighted by atomic mass is 16.5. The van der Waals surface area contributed by atoms with Crippen molar-refractivity contribution in [1.82, 2.24) is 9.97 Å². The highest BCUT2D eigenvalue weighted by molar-refractivity contribution is 5.67. The molecule has 6 nitrogen and oxygen atoms in total. The maximum Gasteiger partial charge on any atom is 0.242 e. The maximum atomic E-state index is 6.00. The first-order chi connectivity index (χ1) is 9.40. The second-order valence-electron chi connectivity index (χ2n) is 5.55. The quantitative estimate of drug-likeness (QED) is 0.746. The number of methoxy groups -OCH3 is 1. The molecule has 0 saturated heterocycles. The number of aromatic nitrogens is 2. The van der Waals surface area contributed by atoms with Crippen molar-refractivity contribution in [2.45, 2.75) is 39.5 Å². The number of nitrogen functional groups attached to an aromatic ring is 1. The number of hydrogen-bond acceptors (Lipinski definition) is 6. The molecular formula is C14H26N4O2. The Morgan fingerprint density at radius 1 is 1.25 bits per heavy atom. The molecule has 0 bridgehead atoms. The van der Waals surface area contributed by atoms with Crippen molar-refractivity contribution in [3.05, 3.63) is 5.82 Å². The van der Waals surface area contributed by atoms with Crippen LogP contribution in [0.1, 0.15) is 39.9 Å². The summed E-state index contributed by atoms with van der Waals surface area (Å²) in [6.07, 6.45) is 0.893. The van der Waals surface area contributed by atoms with Gasteiger partial charge < -0.3 is 20.5 Å². The zero-order chi connectivity index (χ0) is 15.2. The maximum absolute atomic E-state index is 6.00. The molecule has 0 unspecified atom stereocenters. The Kier molecular flexibility index (Phi) is 6.01. The molecule has 0 aliphatic carbocycles. The lowest BCUT2D eigenvalue weighted by Crippen LogP contribution is -2.19. The van der Waals surface area contributed by atoms with E-state index in [1.165, 1.54) is 0 Å². The van der Waals surface area contributed by atoms with Crippen molar-refractivity contribution in [1.29, 1.82) is 0 Å². The van der Waals surface area contributed by atoms with Gasteiger partial charge in [-0.1, -0.05) is 20.8 Å². The van der Waals surface area contributed by atoms with E-state index in [1.54, 1.807) is 7.11 Å². The Morgan fingerprint density at radius 2 is 1.95 bits per heavy atom. The molecule has 20 heavy (non-hydrogen) atoms. The molecule has 0 aliphatic rings. The predicted octanol–water partition coefficient (Wildman–Crippen LogP) is 2.20. The Hall–Kier alpha value is -1.56. The van der Waals surface area contributed by atoms with Crippen LogP contribution in [0, 0.1) is 0 Å². The molecular weight excluding hydrogens is 256 g/mol. The molecule has 0 aromatic carbocycles. The molecule has 1 aromatic rings. The minimum atomic E-state index is -0.164. The van der Waals surface area contributed by atoms with Crippen LogP contribution in [0.15, 0.2) is 0 Å². The average molecular weight is 282 g/mol. The molecule has 0 fully saturated rings. The molecule has 114 valence electrons. The molecule has 1 rings (SSSR count). The molecule has 3 N–H and O–H groups in total. The molecule has 0 saturated carbocycles. The minimum Gasteiger partial charge on any atom is -0.479 e. The number of hydrogen-bond donors (Lipinski definition) is 2. The second kappa shape index (κ2) is 7.28. The summed E-state index contributed by atoms with van der Waals surface area (Å²) >= 11 is 0.